The van der Waals surface area contributed by atoms with Crippen LogP contribution in [0.25, 0.3) is 0 Å². The molecular formula is C17H27ClN2O. The van der Waals surface area contributed by atoms with Crippen molar-refractivity contribution >= 4 is 17.3 Å². The average Bonchev–Trinajstić information content (AvgIpc) is 2.44. The molecule has 118 valence electrons. The lowest BCUT2D eigenvalue weighted by Gasteiger charge is -2.32. The van der Waals surface area contributed by atoms with E-state index in [1.165, 1.54) is 38.9 Å². The number of hydrogen-bond donors (Lipinski definition) is 1. The van der Waals surface area contributed by atoms with Crippen molar-refractivity contribution in [2.45, 2.75) is 52.2 Å². The Balaban J connectivity index is 1.88. The van der Waals surface area contributed by atoms with Crippen LogP contribution in [0.5, 0.6) is 5.75 Å². The van der Waals surface area contributed by atoms with Crippen LogP contribution in [0.15, 0.2) is 18.2 Å². The van der Waals surface area contributed by atoms with E-state index < -0.39 is 0 Å². The number of nitrogens with zero attached hydrogens (tertiary/aromatic N) is 1. The molecule has 1 aromatic rings. The van der Waals surface area contributed by atoms with Gasteiger partial charge in [-0.1, -0.05) is 18.5 Å². The van der Waals surface area contributed by atoms with Gasteiger partial charge in [0.1, 0.15) is 5.75 Å². The van der Waals surface area contributed by atoms with E-state index in [-0.39, 0.29) is 6.10 Å². The van der Waals surface area contributed by atoms with Gasteiger partial charge in [0, 0.05) is 24.8 Å². The molecule has 0 bridgehead atoms. The minimum Gasteiger partial charge on any atom is -0.489 e. The van der Waals surface area contributed by atoms with Crippen LogP contribution in [0.1, 0.15) is 40.0 Å². The number of anilines is 1. The van der Waals surface area contributed by atoms with Crippen LogP contribution in [0, 0.1) is 0 Å². The van der Waals surface area contributed by atoms with Gasteiger partial charge in [-0.25, -0.2) is 0 Å². The average molecular weight is 311 g/mol. The first kappa shape index (κ1) is 16.4. The molecule has 2 rings (SSSR count). The second-order valence-corrected chi connectivity index (χ2v) is 6.48. The summed E-state index contributed by atoms with van der Waals surface area (Å²) in [6.07, 6.45) is 3.78. The van der Waals surface area contributed by atoms with Gasteiger partial charge in [-0.15, -0.1) is 0 Å². The van der Waals surface area contributed by atoms with Gasteiger partial charge in [-0.05, 0) is 57.9 Å². The summed E-state index contributed by atoms with van der Waals surface area (Å²) in [7, 11) is 0. The van der Waals surface area contributed by atoms with Crippen LogP contribution < -0.4 is 10.1 Å². The molecule has 0 atom stereocenters. The van der Waals surface area contributed by atoms with Crippen LogP contribution in [0.2, 0.25) is 5.02 Å². The molecule has 0 amide bonds. The van der Waals surface area contributed by atoms with Crippen molar-refractivity contribution in [2.75, 3.05) is 25.0 Å². The van der Waals surface area contributed by atoms with Crippen molar-refractivity contribution in [1.82, 2.24) is 4.90 Å². The number of rotatable bonds is 6. The highest BCUT2D eigenvalue weighted by Gasteiger charge is 2.18. The third kappa shape index (κ3) is 5.08. The predicted octanol–water partition coefficient (Wildman–Crippen LogP) is 4.41. The molecule has 1 aliphatic rings. The molecule has 1 fully saturated rings. The summed E-state index contributed by atoms with van der Waals surface area (Å²) in [6.45, 7) is 9.85. The van der Waals surface area contributed by atoms with Crippen molar-refractivity contribution in [1.29, 1.82) is 0 Å². The SMILES string of the molecule is CCCN1CCC(Nc2ccc(OC(C)C)c(Cl)c2)CC1. The zero-order chi connectivity index (χ0) is 15.2. The third-order valence-electron chi connectivity index (χ3n) is 3.79. The van der Waals surface area contributed by atoms with Crippen molar-refractivity contribution in [3.05, 3.63) is 23.2 Å². The molecule has 0 aromatic heterocycles. The number of piperidine rings is 1. The van der Waals surface area contributed by atoms with Crippen molar-refractivity contribution in [2.24, 2.45) is 0 Å². The molecule has 0 spiro atoms. The molecule has 0 saturated carbocycles. The zero-order valence-corrected chi connectivity index (χ0v) is 14.1. The fraction of sp³-hybridized carbons (Fsp3) is 0.647. The molecule has 0 unspecified atom stereocenters. The smallest absolute Gasteiger partial charge is 0.138 e. The van der Waals surface area contributed by atoms with Gasteiger partial charge in [-0.2, -0.15) is 0 Å². The predicted molar refractivity (Wildman–Crippen MR) is 90.6 cm³/mol. The maximum Gasteiger partial charge on any atom is 0.138 e. The van der Waals surface area contributed by atoms with Crippen LogP contribution in [-0.2, 0) is 0 Å². The Labute approximate surface area is 133 Å². The molecule has 3 nitrogen and oxygen atoms in total. The number of hydrogen-bond acceptors (Lipinski definition) is 3. The molecule has 21 heavy (non-hydrogen) atoms. The number of nitrogens with one attached hydrogen (secondary N) is 1. The quantitative estimate of drug-likeness (QED) is 0.842. The summed E-state index contributed by atoms with van der Waals surface area (Å²) in [5, 5.41) is 4.28. The molecule has 4 heteroatoms. The summed E-state index contributed by atoms with van der Waals surface area (Å²) in [5.41, 5.74) is 1.09. The van der Waals surface area contributed by atoms with Gasteiger partial charge in [0.25, 0.3) is 0 Å². The van der Waals surface area contributed by atoms with Crippen LogP contribution in [-0.4, -0.2) is 36.7 Å². The largest absolute Gasteiger partial charge is 0.489 e. The van der Waals surface area contributed by atoms with Crippen LogP contribution in [0.3, 0.4) is 0 Å². The summed E-state index contributed by atoms with van der Waals surface area (Å²) in [4.78, 5) is 2.55. The minimum atomic E-state index is 0.143. The summed E-state index contributed by atoms with van der Waals surface area (Å²) >= 11 is 6.28. The normalized spacial score (nSPS) is 17.2. The Hall–Kier alpha value is -0.930. The second kappa shape index (κ2) is 7.90. The van der Waals surface area contributed by atoms with Gasteiger partial charge in [0.05, 0.1) is 11.1 Å². The van der Waals surface area contributed by atoms with E-state index >= 15 is 0 Å². The highest BCUT2D eigenvalue weighted by molar-refractivity contribution is 6.32. The van der Waals surface area contributed by atoms with E-state index in [0.29, 0.717) is 11.1 Å². The lowest BCUT2D eigenvalue weighted by atomic mass is 10.0. The summed E-state index contributed by atoms with van der Waals surface area (Å²) in [6, 6.07) is 6.53. The van der Waals surface area contributed by atoms with E-state index in [1.54, 1.807) is 0 Å². The van der Waals surface area contributed by atoms with E-state index in [1.807, 2.05) is 26.0 Å². The second-order valence-electron chi connectivity index (χ2n) is 6.07. The first-order chi connectivity index (χ1) is 10.1. The number of likely N-dealkylation sites (tertiary alicyclic amines) is 1. The molecule has 1 heterocycles. The number of ether oxygens (including phenoxy) is 1. The van der Waals surface area contributed by atoms with Crippen LogP contribution in [0.4, 0.5) is 5.69 Å². The standard InChI is InChI=1S/C17H27ClN2O/c1-4-9-20-10-7-14(8-11-20)19-15-5-6-17(16(18)12-15)21-13(2)3/h5-6,12-14,19H,4,7-11H2,1-3H3. The number of benzene rings is 1. The minimum absolute atomic E-state index is 0.143. The summed E-state index contributed by atoms with van der Waals surface area (Å²) in [5.74, 6) is 0.759. The van der Waals surface area contributed by atoms with Gasteiger partial charge in [0.2, 0.25) is 0 Å². The molecule has 1 aliphatic heterocycles. The summed E-state index contributed by atoms with van der Waals surface area (Å²) < 4.78 is 5.66. The Bertz CT molecular complexity index is 442. The van der Waals surface area contributed by atoms with Crippen molar-refractivity contribution in [3.8, 4) is 5.75 Å². The van der Waals surface area contributed by atoms with E-state index in [2.05, 4.69) is 23.2 Å². The first-order valence-electron chi connectivity index (χ1n) is 8.03. The van der Waals surface area contributed by atoms with E-state index in [4.69, 9.17) is 16.3 Å². The Morgan fingerprint density at radius 2 is 2.05 bits per heavy atom. The monoisotopic (exact) mass is 310 g/mol. The number of halogens is 1. The van der Waals surface area contributed by atoms with E-state index in [0.717, 1.165) is 11.4 Å². The maximum atomic E-state index is 6.28. The van der Waals surface area contributed by atoms with Gasteiger partial charge >= 0.3 is 0 Å². The lowest BCUT2D eigenvalue weighted by molar-refractivity contribution is 0.219. The van der Waals surface area contributed by atoms with Gasteiger partial charge < -0.3 is 15.0 Å². The third-order valence-corrected chi connectivity index (χ3v) is 4.09. The molecule has 0 aliphatic carbocycles. The molecule has 1 saturated heterocycles. The Morgan fingerprint density at radius 3 is 2.62 bits per heavy atom. The Kier molecular flexibility index (Phi) is 6.19. The fourth-order valence-corrected chi connectivity index (χ4v) is 3.02. The molecule has 1 N–H and O–H groups in total. The lowest BCUT2D eigenvalue weighted by Crippen LogP contribution is -2.39. The van der Waals surface area contributed by atoms with Crippen molar-refractivity contribution in [3.63, 3.8) is 0 Å². The topological polar surface area (TPSA) is 24.5 Å². The molecule has 1 aromatic carbocycles. The van der Waals surface area contributed by atoms with Crippen LogP contribution >= 0.6 is 11.6 Å². The molecular weight excluding hydrogens is 284 g/mol. The highest BCUT2D eigenvalue weighted by Crippen LogP contribution is 2.29. The fourth-order valence-electron chi connectivity index (χ4n) is 2.79. The first-order valence-corrected chi connectivity index (χ1v) is 8.41. The van der Waals surface area contributed by atoms with Gasteiger partial charge in [0.15, 0.2) is 0 Å². The van der Waals surface area contributed by atoms with Gasteiger partial charge in [-0.3, -0.25) is 0 Å². The zero-order valence-electron chi connectivity index (χ0n) is 13.4. The highest BCUT2D eigenvalue weighted by atomic mass is 35.5. The Morgan fingerprint density at radius 1 is 1.33 bits per heavy atom. The van der Waals surface area contributed by atoms with Crippen molar-refractivity contribution < 1.29 is 4.74 Å². The maximum absolute atomic E-state index is 6.28. The van der Waals surface area contributed by atoms with E-state index in [9.17, 15) is 0 Å². The molecule has 0 radical (unpaired) electrons.